The molecule has 116 valence electrons. The lowest BCUT2D eigenvalue weighted by molar-refractivity contribution is -0.138. The molecule has 1 saturated carbocycles. The summed E-state index contributed by atoms with van der Waals surface area (Å²) >= 11 is 0. The lowest BCUT2D eigenvalue weighted by Gasteiger charge is -2.24. The van der Waals surface area contributed by atoms with Gasteiger partial charge in [0.05, 0.1) is 5.92 Å². The van der Waals surface area contributed by atoms with Gasteiger partial charge in [0, 0.05) is 23.0 Å². The summed E-state index contributed by atoms with van der Waals surface area (Å²) in [7, 11) is 0. The maximum atomic E-state index is 12.3. The first-order valence-corrected chi connectivity index (χ1v) is 7.76. The maximum Gasteiger partial charge on any atom is 0.348 e. The highest BCUT2D eigenvalue weighted by Crippen LogP contribution is 2.29. The third kappa shape index (κ3) is 3.17. The summed E-state index contributed by atoms with van der Waals surface area (Å²) in [6.07, 6.45) is 6.62. The van der Waals surface area contributed by atoms with Gasteiger partial charge in [-0.2, -0.15) is 4.98 Å². The molecule has 1 heterocycles. The normalized spacial score (nSPS) is 18.2. The molecule has 1 fully saturated rings. The van der Waals surface area contributed by atoms with E-state index in [9.17, 15) is 14.7 Å². The second kappa shape index (κ2) is 6.41. The molecule has 0 saturated heterocycles. The fraction of sp³-hybridized carbons (Fsp3) is 0.688. The van der Waals surface area contributed by atoms with Crippen molar-refractivity contribution in [3.63, 3.8) is 0 Å². The topological polar surface area (TPSA) is 72.2 Å². The van der Waals surface area contributed by atoms with Gasteiger partial charge in [-0.15, -0.1) is 0 Å². The van der Waals surface area contributed by atoms with Gasteiger partial charge in [0.25, 0.3) is 0 Å². The first-order chi connectivity index (χ1) is 9.93. The van der Waals surface area contributed by atoms with Crippen molar-refractivity contribution < 1.29 is 9.90 Å². The average Bonchev–Trinajstić information content (AvgIpc) is 2.67. The van der Waals surface area contributed by atoms with Gasteiger partial charge in [0.15, 0.2) is 0 Å². The van der Waals surface area contributed by atoms with Gasteiger partial charge in [-0.3, -0.25) is 9.36 Å². The van der Waals surface area contributed by atoms with Crippen molar-refractivity contribution in [2.24, 2.45) is 0 Å². The van der Waals surface area contributed by atoms with Crippen LogP contribution in [0.5, 0.6) is 0 Å². The maximum absolute atomic E-state index is 12.3. The van der Waals surface area contributed by atoms with E-state index in [1.165, 1.54) is 12.8 Å². The molecule has 1 aromatic rings. The highest BCUT2D eigenvalue weighted by atomic mass is 16.4. The number of carboxylic acids is 1. The second-order valence-electron chi connectivity index (χ2n) is 6.05. The summed E-state index contributed by atoms with van der Waals surface area (Å²) < 4.78 is 1.74. The molecule has 1 aliphatic carbocycles. The minimum absolute atomic E-state index is 0.160. The predicted molar refractivity (Wildman–Crippen MR) is 80.8 cm³/mol. The fourth-order valence-corrected chi connectivity index (χ4v) is 3.49. The van der Waals surface area contributed by atoms with Gasteiger partial charge < -0.3 is 5.11 Å². The molecule has 2 rings (SSSR count). The van der Waals surface area contributed by atoms with Crippen LogP contribution in [-0.2, 0) is 4.79 Å². The number of nitrogens with zero attached hydrogens (tertiary/aromatic N) is 2. The number of hydrogen-bond donors (Lipinski definition) is 1. The van der Waals surface area contributed by atoms with Crippen LogP contribution < -0.4 is 5.69 Å². The number of rotatable bonds is 3. The van der Waals surface area contributed by atoms with Crippen LogP contribution in [0.1, 0.15) is 74.4 Å². The van der Waals surface area contributed by atoms with Crippen LogP contribution in [0.15, 0.2) is 4.79 Å². The van der Waals surface area contributed by atoms with Crippen LogP contribution in [0, 0.1) is 13.8 Å². The van der Waals surface area contributed by atoms with Crippen molar-refractivity contribution in [2.75, 3.05) is 0 Å². The molecule has 5 nitrogen and oxygen atoms in total. The SMILES string of the molecule is Cc1nc(=O)n(C2CCCCCC2)c(C)c1C(C)C(=O)O. The molecule has 0 radical (unpaired) electrons. The number of aliphatic carboxylic acids is 1. The van der Waals surface area contributed by atoms with Crippen molar-refractivity contribution in [1.29, 1.82) is 0 Å². The molecular weight excluding hydrogens is 268 g/mol. The molecule has 1 aromatic heterocycles. The van der Waals surface area contributed by atoms with E-state index in [0.29, 0.717) is 11.3 Å². The average molecular weight is 292 g/mol. The van der Waals surface area contributed by atoms with E-state index in [1.54, 1.807) is 18.4 Å². The lowest BCUT2D eigenvalue weighted by Crippen LogP contribution is -2.32. The zero-order valence-electron chi connectivity index (χ0n) is 13.1. The first-order valence-electron chi connectivity index (χ1n) is 7.76. The van der Waals surface area contributed by atoms with Crippen LogP contribution >= 0.6 is 0 Å². The molecule has 1 N–H and O–H groups in total. The number of carboxylic acid groups (broad SMARTS) is 1. The Morgan fingerprint density at radius 3 is 2.33 bits per heavy atom. The van der Waals surface area contributed by atoms with E-state index in [0.717, 1.165) is 31.4 Å². The van der Waals surface area contributed by atoms with Gasteiger partial charge in [-0.1, -0.05) is 25.7 Å². The van der Waals surface area contributed by atoms with Crippen molar-refractivity contribution in [3.8, 4) is 0 Å². The molecule has 1 atom stereocenters. The zero-order chi connectivity index (χ0) is 15.6. The molecule has 0 aromatic carbocycles. The second-order valence-corrected chi connectivity index (χ2v) is 6.05. The Labute approximate surface area is 125 Å². The smallest absolute Gasteiger partial charge is 0.348 e. The highest BCUT2D eigenvalue weighted by Gasteiger charge is 2.25. The fourth-order valence-electron chi connectivity index (χ4n) is 3.49. The lowest BCUT2D eigenvalue weighted by atomic mass is 9.97. The van der Waals surface area contributed by atoms with E-state index in [2.05, 4.69) is 4.98 Å². The molecule has 1 unspecified atom stereocenters. The van der Waals surface area contributed by atoms with Gasteiger partial charge in [0.2, 0.25) is 0 Å². The van der Waals surface area contributed by atoms with Crippen molar-refractivity contribution in [3.05, 3.63) is 27.4 Å². The summed E-state index contributed by atoms with van der Waals surface area (Å²) in [5.41, 5.74) is 1.76. The molecule has 0 aliphatic heterocycles. The summed E-state index contributed by atoms with van der Waals surface area (Å²) in [5, 5.41) is 9.28. The number of aromatic nitrogens is 2. The quantitative estimate of drug-likeness (QED) is 0.869. The van der Waals surface area contributed by atoms with Crippen LogP contribution in [-0.4, -0.2) is 20.6 Å². The van der Waals surface area contributed by atoms with E-state index in [4.69, 9.17) is 0 Å². The van der Waals surface area contributed by atoms with E-state index in [-0.39, 0.29) is 11.7 Å². The molecule has 5 heteroatoms. The largest absolute Gasteiger partial charge is 0.481 e. The molecule has 21 heavy (non-hydrogen) atoms. The van der Waals surface area contributed by atoms with Crippen LogP contribution in [0.4, 0.5) is 0 Å². The van der Waals surface area contributed by atoms with Crippen LogP contribution in [0.3, 0.4) is 0 Å². The number of aryl methyl sites for hydroxylation is 1. The molecule has 0 amide bonds. The molecule has 0 spiro atoms. The standard InChI is InChI=1S/C16H24N2O3/c1-10(15(19)20)14-11(2)17-16(21)18(12(14)3)13-8-6-4-5-7-9-13/h10,13H,4-9H2,1-3H3,(H,19,20). The van der Waals surface area contributed by atoms with E-state index >= 15 is 0 Å². The summed E-state index contributed by atoms with van der Waals surface area (Å²) in [6, 6.07) is 0.160. The predicted octanol–water partition coefficient (Wildman–Crippen LogP) is 2.94. The third-order valence-corrected chi connectivity index (χ3v) is 4.60. The molecular formula is C16H24N2O3. The Morgan fingerprint density at radius 1 is 1.24 bits per heavy atom. The van der Waals surface area contributed by atoms with E-state index < -0.39 is 11.9 Å². The van der Waals surface area contributed by atoms with E-state index in [1.807, 2.05) is 6.92 Å². The van der Waals surface area contributed by atoms with Crippen molar-refractivity contribution in [2.45, 2.75) is 71.3 Å². The summed E-state index contributed by atoms with van der Waals surface area (Å²) in [4.78, 5) is 27.7. The van der Waals surface area contributed by atoms with Crippen molar-refractivity contribution >= 4 is 5.97 Å². The summed E-state index contributed by atoms with van der Waals surface area (Å²) in [6.45, 7) is 5.23. The number of hydrogen-bond acceptors (Lipinski definition) is 3. The Hall–Kier alpha value is -1.65. The van der Waals surface area contributed by atoms with Gasteiger partial charge in [-0.25, -0.2) is 4.79 Å². The highest BCUT2D eigenvalue weighted by molar-refractivity contribution is 5.76. The Kier molecular flexibility index (Phi) is 4.80. The van der Waals surface area contributed by atoms with Gasteiger partial charge in [-0.05, 0) is 33.6 Å². The van der Waals surface area contributed by atoms with Gasteiger partial charge >= 0.3 is 11.7 Å². The zero-order valence-corrected chi connectivity index (χ0v) is 13.1. The summed E-state index contributed by atoms with van der Waals surface area (Å²) in [5.74, 6) is -1.52. The van der Waals surface area contributed by atoms with Crippen LogP contribution in [0.25, 0.3) is 0 Å². The van der Waals surface area contributed by atoms with Crippen molar-refractivity contribution in [1.82, 2.24) is 9.55 Å². The monoisotopic (exact) mass is 292 g/mol. The Bertz CT molecular complexity index is 584. The minimum atomic E-state index is -0.880. The molecule has 0 bridgehead atoms. The third-order valence-electron chi connectivity index (χ3n) is 4.60. The Morgan fingerprint density at radius 2 is 1.81 bits per heavy atom. The van der Waals surface area contributed by atoms with Gasteiger partial charge in [0.1, 0.15) is 0 Å². The number of carbonyl (C=O) groups is 1. The molecule has 1 aliphatic rings. The minimum Gasteiger partial charge on any atom is -0.481 e. The Balaban J connectivity index is 2.53. The van der Waals surface area contributed by atoms with Crippen LogP contribution in [0.2, 0.25) is 0 Å². The first kappa shape index (κ1) is 15.7.